The summed E-state index contributed by atoms with van der Waals surface area (Å²) in [6.45, 7) is 6.44. The van der Waals surface area contributed by atoms with E-state index in [0.29, 0.717) is 0 Å². The van der Waals surface area contributed by atoms with Crippen LogP contribution in [-0.4, -0.2) is 23.8 Å². The van der Waals surface area contributed by atoms with Crippen molar-refractivity contribution in [3.05, 3.63) is 0 Å². The molecule has 0 aromatic rings. The number of hydrogen-bond acceptors (Lipinski definition) is 1. The third-order valence-corrected chi connectivity index (χ3v) is 2.95. The normalized spacial score (nSPS) is 16.8. The van der Waals surface area contributed by atoms with Crippen LogP contribution in [0.15, 0.2) is 0 Å². The summed E-state index contributed by atoms with van der Waals surface area (Å²) in [5.74, 6) is 1.73. The smallest absolute Gasteiger partial charge is 0.0957 e. The Hall–Kier alpha value is -0.530. The minimum absolute atomic E-state index is 0.844. The molecular formula is C11H22N2. The molecule has 1 aliphatic rings. The van der Waals surface area contributed by atoms with Gasteiger partial charge in [0.1, 0.15) is 0 Å². The standard InChI is InChI=1S/C11H22N2/c1-3-6-11(12)13(4-2)9-10-7-5-8-10/h10,12H,3-9H2,1-2H3. The molecule has 0 unspecified atom stereocenters. The second-order valence-electron chi connectivity index (χ2n) is 4.03. The fourth-order valence-electron chi connectivity index (χ4n) is 1.81. The number of hydrogen-bond donors (Lipinski definition) is 1. The molecule has 76 valence electrons. The highest BCUT2D eigenvalue weighted by Gasteiger charge is 2.20. The lowest BCUT2D eigenvalue weighted by molar-refractivity contribution is 0.241. The number of rotatable bonds is 5. The summed E-state index contributed by atoms with van der Waals surface area (Å²) in [6, 6.07) is 0. The maximum absolute atomic E-state index is 7.86. The first-order chi connectivity index (χ1) is 6.27. The zero-order valence-electron chi connectivity index (χ0n) is 8.97. The molecule has 1 N–H and O–H groups in total. The Bertz CT molecular complexity index is 161. The van der Waals surface area contributed by atoms with Crippen molar-refractivity contribution in [2.45, 2.75) is 46.0 Å². The van der Waals surface area contributed by atoms with E-state index in [0.717, 1.165) is 37.7 Å². The van der Waals surface area contributed by atoms with Crippen molar-refractivity contribution in [1.82, 2.24) is 4.90 Å². The van der Waals surface area contributed by atoms with Crippen LogP contribution in [0.2, 0.25) is 0 Å². The topological polar surface area (TPSA) is 27.1 Å². The van der Waals surface area contributed by atoms with Crippen LogP contribution in [-0.2, 0) is 0 Å². The highest BCUT2D eigenvalue weighted by Crippen LogP contribution is 2.27. The van der Waals surface area contributed by atoms with Crippen molar-refractivity contribution in [2.24, 2.45) is 5.92 Å². The van der Waals surface area contributed by atoms with Gasteiger partial charge in [0.2, 0.25) is 0 Å². The van der Waals surface area contributed by atoms with Gasteiger partial charge < -0.3 is 4.90 Å². The van der Waals surface area contributed by atoms with Gasteiger partial charge in [-0.2, -0.15) is 0 Å². The van der Waals surface area contributed by atoms with Crippen LogP contribution >= 0.6 is 0 Å². The minimum Gasteiger partial charge on any atom is -0.361 e. The lowest BCUT2D eigenvalue weighted by atomic mass is 9.85. The lowest BCUT2D eigenvalue weighted by Crippen LogP contribution is -2.36. The van der Waals surface area contributed by atoms with E-state index < -0.39 is 0 Å². The molecule has 0 aliphatic heterocycles. The quantitative estimate of drug-likeness (QED) is 0.513. The van der Waals surface area contributed by atoms with Gasteiger partial charge in [0.25, 0.3) is 0 Å². The first-order valence-corrected chi connectivity index (χ1v) is 5.60. The minimum atomic E-state index is 0.844. The number of nitrogens with one attached hydrogen (secondary N) is 1. The third kappa shape index (κ3) is 3.02. The molecule has 0 aromatic heterocycles. The molecule has 0 saturated heterocycles. The Morgan fingerprint density at radius 1 is 1.38 bits per heavy atom. The van der Waals surface area contributed by atoms with Crippen molar-refractivity contribution >= 4 is 5.84 Å². The molecule has 13 heavy (non-hydrogen) atoms. The second kappa shape index (κ2) is 5.25. The monoisotopic (exact) mass is 182 g/mol. The molecule has 0 aromatic carbocycles. The Morgan fingerprint density at radius 3 is 2.46 bits per heavy atom. The average molecular weight is 182 g/mol. The zero-order chi connectivity index (χ0) is 9.68. The van der Waals surface area contributed by atoms with E-state index in [9.17, 15) is 0 Å². The van der Waals surface area contributed by atoms with Crippen LogP contribution in [0.4, 0.5) is 0 Å². The van der Waals surface area contributed by atoms with Crippen LogP contribution in [0, 0.1) is 11.3 Å². The molecule has 0 amide bonds. The summed E-state index contributed by atoms with van der Waals surface area (Å²) in [7, 11) is 0. The molecule has 1 saturated carbocycles. The molecule has 2 nitrogen and oxygen atoms in total. The molecule has 0 bridgehead atoms. The molecule has 1 rings (SSSR count). The van der Waals surface area contributed by atoms with E-state index in [4.69, 9.17) is 5.41 Å². The summed E-state index contributed by atoms with van der Waals surface area (Å²) < 4.78 is 0. The van der Waals surface area contributed by atoms with Gasteiger partial charge >= 0.3 is 0 Å². The largest absolute Gasteiger partial charge is 0.361 e. The average Bonchev–Trinajstić information content (AvgIpc) is 2.03. The molecule has 0 heterocycles. The first-order valence-electron chi connectivity index (χ1n) is 5.60. The Labute approximate surface area is 81.8 Å². The van der Waals surface area contributed by atoms with Crippen LogP contribution in [0.3, 0.4) is 0 Å². The zero-order valence-corrected chi connectivity index (χ0v) is 8.97. The molecule has 0 radical (unpaired) electrons. The van der Waals surface area contributed by atoms with Crippen molar-refractivity contribution in [1.29, 1.82) is 5.41 Å². The highest BCUT2D eigenvalue weighted by atomic mass is 15.2. The van der Waals surface area contributed by atoms with Gasteiger partial charge in [0.15, 0.2) is 0 Å². The van der Waals surface area contributed by atoms with E-state index in [2.05, 4.69) is 18.7 Å². The van der Waals surface area contributed by atoms with Gasteiger partial charge in [-0.3, -0.25) is 5.41 Å². The molecule has 2 heteroatoms. The van der Waals surface area contributed by atoms with Crippen LogP contribution in [0.25, 0.3) is 0 Å². The Kier molecular flexibility index (Phi) is 4.26. The Balaban J connectivity index is 2.27. The summed E-state index contributed by atoms with van der Waals surface area (Å²) in [6.07, 6.45) is 6.22. The molecule has 0 spiro atoms. The van der Waals surface area contributed by atoms with Crippen molar-refractivity contribution in [3.8, 4) is 0 Å². The second-order valence-corrected chi connectivity index (χ2v) is 4.03. The van der Waals surface area contributed by atoms with Crippen LogP contribution < -0.4 is 0 Å². The van der Waals surface area contributed by atoms with Gasteiger partial charge in [-0.15, -0.1) is 0 Å². The van der Waals surface area contributed by atoms with Gasteiger partial charge in [0, 0.05) is 19.5 Å². The fourth-order valence-corrected chi connectivity index (χ4v) is 1.81. The Morgan fingerprint density at radius 2 is 2.08 bits per heavy atom. The number of nitrogens with zero attached hydrogens (tertiary/aromatic N) is 1. The number of amidine groups is 1. The highest BCUT2D eigenvalue weighted by molar-refractivity contribution is 5.79. The first kappa shape index (κ1) is 10.6. The lowest BCUT2D eigenvalue weighted by Gasteiger charge is -2.33. The van der Waals surface area contributed by atoms with E-state index in [1.165, 1.54) is 19.3 Å². The molecule has 1 aliphatic carbocycles. The van der Waals surface area contributed by atoms with E-state index >= 15 is 0 Å². The molecular weight excluding hydrogens is 160 g/mol. The summed E-state index contributed by atoms with van der Waals surface area (Å²) in [4.78, 5) is 2.24. The van der Waals surface area contributed by atoms with Crippen molar-refractivity contribution < 1.29 is 0 Å². The molecule has 0 atom stereocenters. The molecule has 1 fully saturated rings. The third-order valence-electron chi connectivity index (χ3n) is 2.95. The van der Waals surface area contributed by atoms with Crippen molar-refractivity contribution in [2.75, 3.05) is 13.1 Å². The van der Waals surface area contributed by atoms with Crippen LogP contribution in [0.1, 0.15) is 46.0 Å². The SMILES string of the molecule is CCCC(=N)N(CC)CC1CCC1. The van der Waals surface area contributed by atoms with E-state index in [1.807, 2.05) is 0 Å². The van der Waals surface area contributed by atoms with Gasteiger partial charge in [-0.1, -0.05) is 13.3 Å². The maximum atomic E-state index is 7.86. The van der Waals surface area contributed by atoms with E-state index in [-0.39, 0.29) is 0 Å². The summed E-state index contributed by atoms with van der Waals surface area (Å²) in [5, 5.41) is 7.86. The predicted molar refractivity (Wildman–Crippen MR) is 57.2 cm³/mol. The maximum Gasteiger partial charge on any atom is 0.0957 e. The predicted octanol–water partition coefficient (Wildman–Crippen LogP) is 2.89. The van der Waals surface area contributed by atoms with Gasteiger partial charge in [0.05, 0.1) is 5.84 Å². The van der Waals surface area contributed by atoms with Crippen molar-refractivity contribution in [3.63, 3.8) is 0 Å². The van der Waals surface area contributed by atoms with Gasteiger partial charge in [-0.05, 0) is 32.1 Å². The van der Waals surface area contributed by atoms with Crippen LogP contribution in [0.5, 0.6) is 0 Å². The summed E-state index contributed by atoms with van der Waals surface area (Å²) >= 11 is 0. The summed E-state index contributed by atoms with van der Waals surface area (Å²) in [5.41, 5.74) is 0. The van der Waals surface area contributed by atoms with E-state index in [1.54, 1.807) is 0 Å². The fraction of sp³-hybridized carbons (Fsp3) is 0.909. The van der Waals surface area contributed by atoms with Gasteiger partial charge in [-0.25, -0.2) is 0 Å².